The van der Waals surface area contributed by atoms with E-state index in [1.165, 1.54) is 12.1 Å². The summed E-state index contributed by atoms with van der Waals surface area (Å²) < 4.78 is 11.2. The molecule has 0 saturated carbocycles. The maximum absolute atomic E-state index is 14.7. The van der Waals surface area contributed by atoms with Gasteiger partial charge < -0.3 is 20.1 Å². The van der Waals surface area contributed by atoms with Crippen LogP contribution in [0.4, 0.5) is 15.3 Å². The number of fused-ring (bicyclic) bond motifs is 3. The van der Waals surface area contributed by atoms with E-state index < -0.39 is 35.6 Å². The Morgan fingerprint density at radius 2 is 1.10 bits per heavy atom. The predicted molar refractivity (Wildman–Crippen MR) is 269 cm³/mol. The number of carbonyl (C=O) groups excluding carboxylic acids is 4. The number of amides is 4. The highest BCUT2D eigenvalue weighted by molar-refractivity contribution is 5.97. The van der Waals surface area contributed by atoms with Gasteiger partial charge in [0, 0.05) is 25.1 Å². The fourth-order valence-electron chi connectivity index (χ4n) is 9.18. The van der Waals surface area contributed by atoms with Gasteiger partial charge in [0.1, 0.15) is 19.3 Å². The molecule has 1 aliphatic carbocycles. The van der Waals surface area contributed by atoms with Crippen molar-refractivity contribution >= 4 is 29.7 Å². The smallest absolute Gasteiger partial charge is 0.426 e. The molecule has 350 valence electrons. The Labute approximate surface area is 403 Å². The van der Waals surface area contributed by atoms with E-state index in [-0.39, 0.29) is 32.0 Å². The van der Waals surface area contributed by atoms with Crippen LogP contribution in [0.25, 0.3) is 11.1 Å². The van der Waals surface area contributed by atoms with Gasteiger partial charge in [-0.2, -0.15) is 0 Å². The van der Waals surface area contributed by atoms with Gasteiger partial charge in [-0.3, -0.25) is 14.9 Å². The second-order valence-corrected chi connectivity index (χ2v) is 17.0. The number of rotatable bonds is 19. The topological polar surface area (TPSA) is 138 Å². The SMILES string of the molecule is CNC(=O)OCc1ccc(NC(=O)C(CCCCNC(c2ccccc2)(c2ccccc2)c2ccccc2)N(NC(=O)OCC2c3ccccc3-c3ccccc32)C(=O)CCc2ccccc2)cc1. The molecule has 0 spiro atoms. The molecule has 7 aromatic rings. The summed E-state index contributed by atoms with van der Waals surface area (Å²) in [6.07, 6.45) is 0.342. The number of hydrazine groups is 1. The highest BCUT2D eigenvalue weighted by Gasteiger charge is 2.37. The van der Waals surface area contributed by atoms with Crippen molar-refractivity contribution in [2.75, 3.05) is 25.5 Å². The van der Waals surface area contributed by atoms with Crippen molar-refractivity contribution < 1.29 is 28.7 Å². The summed E-state index contributed by atoms with van der Waals surface area (Å²) in [7, 11) is 1.49. The van der Waals surface area contributed by atoms with Gasteiger partial charge in [-0.15, -0.1) is 0 Å². The average Bonchev–Trinajstić information content (AvgIpc) is 3.73. The van der Waals surface area contributed by atoms with E-state index in [0.29, 0.717) is 37.1 Å². The maximum Gasteiger partial charge on any atom is 0.426 e. The van der Waals surface area contributed by atoms with Crippen molar-refractivity contribution in [3.05, 3.63) is 233 Å². The molecule has 1 atom stereocenters. The van der Waals surface area contributed by atoms with Crippen molar-refractivity contribution in [2.45, 2.75) is 56.2 Å². The molecule has 1 aliphatic rings. The third kappa shape index (κ3) is 11.6. The van der Waals surface area contributed by atoms with Gasteiger partial charge in [0.05, 0.1) is 5.54 Å². The molecule has 0 radical (unpaired) electrons. The molecule has 11 nitrogen and oxygen atoms in total. The molecule has 0 saturated heterocycles. The predicted octanol–water partition coefficient (Wildman–Crippen LogP) is 10.5. The zero-order valence-electron chi connectivity index (χ0n) is 38.7. The second-order valence-electron chi connectivity index (χ2n) is 17.0. The molecule has 4 amide bonds. The van der Waals surface area contributed by atoms with Crippen LogP contribution < -0.4 is 21.4 Å². The first-order chi connectivity index (χ1) is 33.8. The molecule has 0 fully saturated rings. The number of aryl methyl sites for hydroxylation is 1. The minimum Gasteiger partial charge on any atom is -0.447 e. The molecule has 7 aromatic carbocycles. The van der Waals surface area contributed by atoms with Crippen LogP contribution in [0.2, 0.25) is 0 Å². The Balaban J connectivity index is 1.05. The Bertz CT molecular complexity index is 2650. The summed E-state index contributed by atoms with van der Waals surface area (Å²) in [6, 6.07) is 62.6. The van der Waals surface area contributed by atoms with Crippen molar-refractivity contribution in [1.82, 2.24) is 21.1 Å². The third-order valence-electron chi connectivity index (χ3n) is 12.6. The van der Waals surface area contributed by atoms with E-state index >= 15 is 0 Å². The van der Waals surface area contributed by atoms with Crippen molar-refractivity contribution in [3.63, 3.8) is 0 Å². The Hall–Kier alpha value is -8.02. The molecule has 0 heterocycles. The van der Waals surface area contributed by atoms with Crippen LogP contribution in [0.1, 0.15) is 70.5 Å². The summed E-state index contributed by atoms with van der Waals surface area (Å²) >= 11 is 0. The zero-order chi connectivity index (χ0) is 47.8. The van der Waals surface area contributed by atoms with Gasteiger partial charge in [-0.1, -0.05) is 182 Å². The van der Waals surface area contributed by atoms with Crippen molar-refractivity contribution in [3.8, 4) is 11.1 Å². The molecule has 69 heavy (non-hydrogen) atoms. The lowest BCUT2D eigenvalue weighted by atomic mass is 9.77. The summed E-state index contributed by atoms with van der Waals surface area (Å²) in [5.41, 5.74) is 11.7. The molecular formula is C58H57N5O6. The van der Waals surface area contributed by atoms with E-state index in [1.54, 1.807) is 24.3 Å². The molecule has 11 heteroatoms. The van der Waals surface area contributed by atoms with Crippen molar-refractivity contribution in [2.24, 2.45) is 0 Å². The fourth-order valence-corrected chi connectivity index (χ4v) is 9.18. The first kappa shape index (κ1) is 47.5. The van der Waals surface area contributed by atoms with E-state index in [2.05, 4.69) is 69.9 Å². The number of nitrogens with one attached hydrogen (secondary N) is 4. The lowest BCUT2D eigenvalue weighted by Gasteiger charge is -2.37. The Kier molecular flexibility index (Phi) is 15.9. The minimum atomic E-state index is -1.13. The number of hydrogen-bond donors (Lipinski definition) is 4. The molecule has 8 rings (SSSR count). The first-order valence-corrected chi connectivity index (χ1v) is 23.5. The van der Waals surface area contributed by atoms with Crippen LogP contribution in [0.5, 0.6) is 0 Å². The number of hydrogen-bond acceptors (Lipinski definition) is 7. The monoisotopic (exact) mass is 919 g/mol. The highest BCUT2D eigenvalue weighted by atomic mass is 16.6. The molecule has 0 aromatic heterocycles. The van der Waals surface area contributed by atoms with E-state index in [4.69, 9.17) is 9.47 Å². The summed E-state index contributed by atoms with van der Waals surface area (Å²) in [5.74, 6) is -1.14. The fraction of sp³-hybridized carbons (Fsp3) is 0.207. The van der Waals surface area contributed by atoms with Crippen LogP contribution in [0.15, 0.2) is 194 Å². The second kappa shape index (κ2) is 23.1. The van der Waals surface area contributed by atoms with Crippen LogP contribution in [-0.2, 0) is 37.6 Å². The normalized spacial score (nSPS) is 12.2. The lowest BCUT2D eigenvalue weighted by molar-refractivity contribution is -0.142. The van der Waals surface area contributed by atoms with Crippen molar-refractivity contribution in [1.29, 1.82) is 0 Å². The van der Waals surface area contributed by atoms with Crippen LogP contribution in [-0.4, -0.2) is 55.3 Å². The third-order valence-corrected chi connectivity index (χ3v) is 12.6. The summed E-state index contributed by atoms with van der Waals surface area (Å²) in [5, 5.41) is 10.5. The molecule has 1 unspecified atom stereocenters. The minimum absolute atomic E-state index is 0.0206. The molecule has 0 bridgehead atoms. The first-order valence-electron chi connectivity index (χ1n) is 23.5. The number of nitrogens with zero attached hydrogens (tertiary/aromatic N) is 1. The van der Waals surface area contributed by atoms with Gasteiger partial charge in [0.2, 0.25) is 11.8 Å². The Morgan fingerprint density at radius 1 is 0.580 bits per heavy atom. The molecule has 4 N–H and O–H groups in total. The lowest BCUT2D eigenvalue weighted by Crippen LogP contribution is -2.56. The standard InChI is InChI=1S/C58H57N5O6/c1-59-56(66)68-40-43-33-36-47(37-34-43)61-55(65)53(32-18-19-39-60-58(44-22-8-3-9-23-44,45-24-10-4-11-25-45)46-26-12-5-13-27-46)63(54(64)38-35-42-20-6-2-7-21-42)62-57(67)69-41-52-50-30-16-14-28-48(50)49-29-15-17-31-51(49)52/h2-17,20-31,33-34,36-37,52-53,60H,18-19,32,35,38-41H2,1H3,(H,59,66)(H,61,65)(H,62,67). The average molecular weight is 920 g/mol. The molecular weight excluding hydrogens is 863 g/mol. The summed E-state index contributed by atoms with van der Waals surface area (Å²) in [6.45, 7) is 0.614. The van der Waals surface area contributed by atoms with Crippen LogP contribution >= 0.6 is 0 Å². The maximum atomic E-state index is 14.7. The quantitative estimate of drug-likeness (QED) is 0.0360. The van der Waals surface area contributed by atoms with Gasteiger partial charge in [0.15, 0.2) is 0 Å². The number of unbranched alkanes of at least 4 members (excludes halogenated alkanes) is 1. The zero-order valence-corrected chi connectivity index (χ0v) is 38.7. The van der Waals surface area contributed by atoms with Gasteiger partial charge in [-0.25, -0.2) is 20.0 Å². The van der Waals surface area contributed by atoms with Crippen LogP contribution in [0.3, 0.4) is 0 Å². The number of benzene rings is 7. The largest absolute Gasteiger partial charge is 0.447 e. The number of anilines is 1. The van der Waals surface area contributed by atoms with E-state index in [1.807, 2.05) is 121 Å². The number of ether oxygens (including phenoxy) is 2. The van der Waals surface area contributed by atoms with E-state index in [0.717, 1.165) is 44.5 Å². The number of alkyl carbamates (subject to hydrolysis) is 1. The summed E-state index contributed by atoms with van der Waals surface area (Å²) in [4.78, 5) is 55.0. The highest BCUT2D eigenvalue weighted by Crippen LogP contribution is 2.44. The van der Waals surface area contributed by atoms with E-state index in [9.17, 15) is 19.2 Å². The van der Waals surface area contributed by atoms with Crippen LogP contribution in [0, 0.1) is 0 Å². The van der Waals surface area contributed by atoms with Gasteiger partial charge in [0.25, 0.3) is 0 Å². The Morgan fingerprint density at radius 3 is 1.65 bits per heavy atom. The van der Waals surface area contributed by atoms with Gasteiger partial charge >= 0.3 is 12.2 Å². The van der Waals surface area contributed by atoms with Gasteiger partial charge in [-0.05, 0) is 94.4 Å². The number of carbonyl (C=O) groups is 4. The molecule has 0 aliphatic heterocycles.